The largest absolute Gasteiger partial charge is 0.416 e. The quantitative estimate of drug-likeness (QED) is 0.604. The lowest BCUT2D eigenvalue weighted by molar-refractivity contribution is -0.138. The van der Waals surface area contributed by atoms with Crippen LogP contribution in [0.5, 0.6) is 0 Å². The van der Waals surface area contributed by atoms with Gasteiger partial charge in [0.15, 0.2) is 0 Å². The molecule has 106 valence electrons. The minimum absolute atomic E-state index is 0.243. The Kier molecular flexibility index (Phi) is 4.23. The molecule has 0 aromatic heterocycles. The van der Waals surface area contributed by atoms with Gasteiger partial charge in [-0.15, -0.1) is 0 Å². The van der Waals surface area contributed by atoms with Crippen molar-refractivity contribution in [2.24, 2.45) is 0 Å². The second kappa shape index (κ2) is 5.60. The third kappa shape index (κ3) is 3.06. The SMILES string of the molecule is Cc1ccc(C(Br)c2ccccc2C(F)(F)F)c(C)c1. The Morgan fingerprint density at radius 3 is 2.20 bits per heavy atom. The minimum Gasteiger partial charge on any atom is -0.166 e. The molecule has 0 N–H and O–H groups in total. The van der Waals surface area contributed by atoms with E-state index in [-0.39, 0.29) is 5.56 Å². The van der Waals surface area contributed by atoms with Crippen molar-refractivity contribution in [2.75, 3.05) is 0 Å². The summed E-state index contributed by atoms with van der Waals surface area (Å²) in [5.74, 6) is 0. The van der Waals surface area contributed by atoms with Gasteiger partial charge in [-0.05, 0) is 36.6 Å². The molecule has 2 rings (SSSR count). The topological polar surface area (TPSA) is 0 Å². The molecular formula is C16H14BrF3. The zero-order valence-corrected chi connectivity index (χ0v) is 12.7. The van der Waals surface area contributed by atoms with Crippen molar-refractivity contribution in [1.82, 2.24) is 0 Å². The Balaban J connectivity index is 2.51. The number of alkyl halides is 4. The summed E-state index contributed by atoms with van der Waals surface area (Å²) in [6.45, 7) is 3.87. The normalized spacial score (nSPS) is 13.3. The first-order chi connectivity index (χ1) is 9.30. The van der Waals surface area contributed by atoms with Gasteiger partial charge in [0.2, 0.25) is 0 Å². The van der Waals surface area contributed by atoms with E-state index in [2.05, 4.69) is 15.9 Å². The predicted octanol–water partition coefficient (Wildman–Crippen LogP) is 5.81. The van der Waals surface area contributed by atoms with Gasteiger partial charge in [0.25, 0.3) is 0 Å². The Morgan fingerprint density at radius 1 is 0.950 bits per heavy atom. The van der Waals surface area contributed by atoms with E-state index in [0.29, 0.717) is 0 Å². The van der Waals surface area contributed by atoms with Crippen LogP contribution < -0.4 is 0 Å². The molecule has 2 aromatic carbocycles. The highest BCUT2D eigenvalue weighted by Gasteiger charge is 2.34. The first-order valence-electron chi connectivity index (χ1n) is 6.18. The summed E-state index contributed by atoms with van der Waals surface area (Å²) in [4.78, 5) is -0.471. The van der Waals surface area contributed by atoms with Gasteiger partial charge >= 0.3 is 6.18 Å². The summed E-state index contributed by atoms with van der Waals surface area (Å²) in [5, 5.41) is 0. The van der Waals surface area contributed by atoms with Crippen LogP contribution in [0.15, 0.2) is 42.5 Å². The maximum Gasteiger partial charge on any atom is 0.416 e. The molecule has 0 fully saturated rings. The molecule has 0 radical (unpaired) electrons. The molecule has 4 heteroatoms. The van der Waals surface area contributed by atoms with Crippen molar-refractivity contribution < 1.29 is 13.2 Å². The minimum atomic E-state index is -4.35. The van der Waals surface area contributed by atoms with Crippen molar-refractivity contribution in [3.8, 4) is 0 Å². The molecule has 0 saturated heterocycles. The molecule has 0 heterocycles. The molecule has 0 spiro atoms. The molecular weight excluding hydrogens is 329 g/mol. The summed E-state index contributed by atoms with van der Waals surface area (Å²) in [5.41, 5.74) is 2.57. The van der Waals surface area contributed by atoms with Gasteiger partial charge < -0.3 is 0 Å². The number of halogens is 4. The molecule has 0 nitrogen and oxygen atoms in total. The van der Waals surface area contributed by atoms with Crippen molar-refractivity contribution in [2.45, 2.75) is 24.9 Å². The fraction of sp³-hybridized carbons (Fsp3) is 0.250. The number of rotatable bonds is 2. The van der Waals surface area contributed by atoms with Crippen LogP contribution in [-0.4, -0.2) is 0 Å². The molecule has 0 aliphatic rings. The average molecular weight is 343 g/mol. The summed E-state index contributed by atoms with van der Waals surface area (Å²) < 4.78 is 39.2. The number of aryl methyl sites for hydroxylation is 2. The van der Waals surface area contributed by atoms with Crippen molar-refractivity contribution in [3.63, 3.8) is 0 Å². The van der Waals surface area contributed by atoms with Crippen molar-refractivity contribution in [1.29, 1.82) is 0 Å². The van der Waals surface area contributed by atoms with E-state index in [1.165, 1.54) is 12.1 Å². The molecule has 20 heavy (non-hydrogen) atoms. The average Bonchev–Trinajstić information content (AvgIpc) is 2.37. The Morgan fingerprint density at radius 2 is 1.60 bits per heavy atom. The van der Waals surface area contributed by atoms with Crippen LogP contribution >= 0.6 is 15.9 Å². The van der Waals surface area contributed by atoms with E-state index in [1.54, 1.807) is 6.07 Å². The lowest BCUT2D eigenvalue weighted by Crippen LogP contribution is -2.10. The van der Waals surface area contributed by atoms with E-state index in [9.17, 15) is 13.2 Å². The highest BCUT2D eigenvalue weighted by molar-refractivity contribution is 9.09. The van der Waals surface area contributed by atoms with E-state index in [0.717, 1.165) is 22.8 Å². The fourth-order valence-electron chi connectivity index (χ4n) is 2.25. The predicted molar refractivity (Wildman–Crippen MR) is 78.1 cm³/mol. The third-order valence-corrected chi connectivity index (χ3v) is 4.22. The summed E-state index contributed by atoms with van der Waals surface area (Å²) in [7, 11) is 0. The molecule has 1 atom stereocenters. The van der Waals surface area contributed by atoms with Gasteiger partial charge in [0, 0.05) is 0 Å². The van der Waals surface area contributed by atoms with Gasteiger partial charge in [-0.3, -0.25) is 0 Å². The van der Waals surface area contributed by atoms with Crippen LogP contribution in [0.2, 0.25) is 0 Å². The zero-order valence-electron chi connectivity index (χ0n) is 11.1. The zero-order chi connectivity index (χ0) is 14.9. The fourth-order valence-corrected chi connectivity index (χ4v) is 3.17. The maximum absolute atomic E-state index is 13.1. The first-order valence-corrected chi connectivity index (χ1v) is 7.09. The Labute approximate surface area is 124 Å². The van der Waals surface area contributed by atoms with Gasteiger partial charge in [-0.1, -0.05) is 57.9 Å². The molecule has 2 aromatic rings. The summed E-state index contributed by atoms with van der Waals surface area (Å²) in [6.07, 6.45) is -4.35. The molecule has 0 aliphatic heterocycles. The molecule has 0 saturated carbocycles. The Hall–Kier alpha value is -1.29. The number of benzene rings is 2. The first kappa shape index (κ1) is 15.1. The second-order valence-electron chi connectivity index (χ2n) is 4.81. The van der Waals surface area contributed by atoms with Gasteiger partial charge in [0.1, 0.15) is 0 Å². The van der Waals surface area contributed by atoms with E-state index < -0.39 is 16.6 Å². The monoisotopic (exact) mass is 342 g/mol. The van der Waals surface area contributed by atoms with Gasteiger partial charge in [0.05, 0.1) is 10.4 Å². The van der Waals surface area contributed by atoms with E-state index >= 15 is 0 Å². The Bertz CT molecular complexity index is 617. The molecule has 0 bridgehead atoms. The van der Waals surface area contributed by atoms with Crippen LogP contribution in [-0.2, 0) is 6.18 Å². The van der Waals surface area contributed by atoms with E-state index in [4.69, 9.17) is 0 Å². The van der Waals surface area contributed by atoms with Crippen molar-refractivity contribution >= 4 is 15.9 Å². The highest BCUT2D eigenvalue weighted by atomic mass is 79.9. The lowest BCUT2D eigenvalue weighted by atomic mass is 9.95. The van der Waals surface area contributed by atoms with Crippen LogP contribution in [0.25, 0.3) is 0 Å². The van der Waals surface area contributed by atoms with Crippen LogP contribution in [0, 0.1) is 13.8 Å². The highest BCUT2D eigenvalue weighted by Crippen LogP contribution is 2.40. The lowest BCUT2D eigenvalue weighted by Gasteiger charge is -2.19. The van der Waals surface area contributed by atoms with E-state index in [1.807, 2.05) is 32.0 Å². The van der Waals surface area contributed by atoms with Crippen LogP contribution in [0.1, 0.15) is 32.6 Å². The van der Waals surface area contributed by atoms with Crippen molar-refractivity contribution in [3.05, 3.63) is 70.3 Å². The standard InChI is InChI=1S/C16H14BrF3/c1-10-7-8-12(11(2)9-10)15(17)13-5-3-4-6-14(13)16(18,19)20/h3-9,15H,1-2H3. The molecule has 1 unspecified atom stereocenters. The molecule has 0 amide bonds. The summed E-state index contributed by atoms with van der Waals surface area (Å²) in [6, 6.07) is 11.4. The maximum atomic E-state index is 13.1. The number of hydrogen-bond acceptors (Lipinski definition) is 0. The smallest absolute Gasteiger partial charge is 0.166 e. The summed E-state index contributed by atoms with van der Waals surface area (Å²) >= 11 is 3.41. The van der Waals surface area contributed by atoms with Gasteiger partial charge in [-0.2, -0.15) is 13.2 Å². The third-order valence-electron chi connectivity index (χ3n) is 3.24. The molecule has 0 aliphatic carbocycles. The second-order valence-corrected chi connectivity index (χ2v) is 5.72. The van der Waals surface area contributed by atoms with Crippen LogP contribution in [0.4, 0.5) is 13.2 Å². The van der Waals surface area contributed by atoms with Crippen LogP contribution in [0.3, 0.4) is 0 Å². The number of hydrogen-bond donors (Lipinski definition) is 0. The van der Waals surface area contributed by atoms with Gasteiger partial charge in [-0.25, -0.2) is 0 Å².